The minimum atomic E-state index is -3.31. The Morgan fingerprint density at radius 3 is 2.35 bits per heavy atom. The molecule has 1 rings (SSSR count). The second kappa shape index (κ2) is 7.64. The smallest absolute Gasteiger partial charge is 0.209 e. The van der Waals surface area contributed by atoms with Gasteiger partial charge in [-0.3, -0.25) is 0 Å². The summed E-state index contributed by atoms with van der Waals surface area (Å²) in [5.74, 6) is 1.02. The summed E-state index contributed by atoms with van der Waals surface area (Å²) in [6.07, 6.45) is 3.38. The number of hydrogen-bond donors (Lipinski definition) is 1. The van der Waals surface area contributed by atoms with Crippen molar-refractivity contribution in [2.24, 2.45) is 5.14 Å². The molecule has 0 saturated heterocycles. The number of unbranched alkanes of at least 4 members (excludes halogenated alkanes) is 3. The fourth-order valence-corrected chi connectivity index (χ4v) is 2.70. The summed E-state index contributed by atoms with van der Waals surface area (Å²) in [5, 5.41) is 4.94. The normalized spacial score (nSPS) is 11.6. The van der Waals surface area contributed by atoms with Gasteiger partial charge in [0.2, 0.25) is 10.0 Å². The van der Waals surface area contributed by atoms with E-state index >= 15 is 0 Å². The third-order valence-corrected chi connectivity index (χ3v) is 4.20. The lowest BCUT2D eigenvalue weighted by atomic mass is 10.1. The van der Waals surface area contributed by atoms with Crippen molar-refractivity contribution in [2.45, 2.75) is 46.5 Å². The Bertz CT molecular complexity index is 538. The van der Waals surface area contributed by atoms with E-state index in [0.29, 0.717) is 13.0 Å². The molecule has 4 nitrogen and oxygen atoms in total. The molecule has 0 saturated carbocycles. The van der Waals surface area contributed by atoms with Crippen molar-refractivity contribution in [3.63, 3.8) is 0 Å². The first-order valence-electron chi connectivity index (χ1n) is 7.01. The predicted octanol–water partition coefficient (Wildman–Crippen LogP) is 2.84. The molecular weight excluding hydrogens is 274 g/mol. The maximum Gasteiger partial charge on any atom is 0.209 e. The van der Waals surface area contributed by atoms with Crippen molar-refractivity contribution < 1.29 is 13.2 Å². The number of rotatable bonds is 8. The highest BCUT2D eigenvalue weighted by molar-refractivity contribution is 7.89. The van der Waals surface area contributed by atoms with Crippen LogP contribution < -0.4 is 9.88 Å². The van der Waals surface area contributed by atoms with Crippen LogP contribution >= 0.6 is 0 Å². The molecule has 0 aromatic heterocycles. The average molecular weight is 299 g/mol. The topological polar surface area (TPSA) is 69.4 Å². The molecule has 20 heavy (non-hydrogen) atoms. The minimum Gasteiger partial charge on any atom is -0.493 e. The van der Waals surface area contributed by atoms with Crippen molar-refractivity contribution in [1.82, 2.24) is 0 Å². The highest BCUT2D eigenvalue weighted by Crippen LogP contribution is 2.23. The second-order valence-electron chi connectivity index (χ2n) is 5.33. The first-order chi connectivity index (χ1) is 9.29. The van der Waals surface area contributed by atoms with Gasteiger partial charge < -0.3 is 4.74 Å². The van der Waals surface area contributed by atoms with Crippen LogP contribution in [0.1, 0.15) is 42.4 Å². The van der Waals surface area contributed by atoms with E-state index in [0.717, 1.165) is 25.0 Å². The maximum absolute atomic E-state index is 10.8. The Morgan fingerprint density at radius 1 is 1.05 bits per heavy atom. The zero-order valence-corrected chi connectivity index (χ0v) is 13.4. The van der Waals surface area contributed by atoms with Gasteiger partial charge in [0, 0.05) is 0 Å². The molecule has 1 aromatic carbocycles. The van der Waals surface area contributed by atoms with Crippen LogP contribution in [0.3, 0.4) is 0 Å². The third-order valence-electron chi connectivity index (χ3n) is 3.34. The van der Waals surface area contributed by atoms with Crippen LogP contribution in [-0.2, 0) is 10.0 Å². The predicted molar refractivity (Wildman–Crippen MR) is 82.6 cm³/mol. The third kappa shape index (κ3) is 6.39. The molecule has 2 N–H and O–H groups in total. The molecule has 0 spiro atoms. The molecule has 0 unspecified atom stereocenters. The first-order valence-corrected chi connectivity index (χ1v) is 8.72. The highest BCUT2D eigenvalue weighted by atomic mass is 32.2. The lowest BCUT2D eigenvalue weighted by molar-refractivity contribution is 0.303. The molecule has 114 valence electrons. The van der Waals surface area contributed by atoms with Crippen molar-refractivity contribution in [3.05, 3.63) is 28.8 Å². The summed E-state index contributed by atoms with van der Waals surface area (Å²) >= 11 is 0. The number of primary sulfonamides is 1. The van der Waals surface area contributed by atoms with Crippen LogP contribution in [0.2, 0.25) is 0 Å². The van der Waals surface area contributed by atoms with Crippen LogP contribution in [0.15, 0.2) is 12.1 Å². The van der Waals surface area contributed by atoms with E-state index in [1.54, 1.807) is 0 Å². The van der Waals surface area contributed by atoms with E-state index in [4.69, 9.17) is 9.88 Å². The van der Waals surface area contributed by atoms with Crippen LogP contribution in [0, 0.1) is 20.8 Å². The van der Waals surface area contributed by atoms with Gasteiger partial charge in [-0.2, -0.15) is 0 Å². The lowest BCUT2D eigenvalue weighted by Crippen LogP contribution is -2.16. The molecule has 0 fully saturated rings. The van der Waals surface area contributed by atoms with Gasteiger partial charge >= 0.3 is 0 Å². The van der Waals surface area contributed by atoms with Gasteiger partial charge in [0.05, 0.1) is 12.4 Å². The standard InChI is InChI=1S/C15H25NO3S/c1-12-10-13(2)14(3)15(11-12)19-8-6-4-5-7-9-20(16,17)18/h10-11H,4-9H2,1-3H3,(H2,16,17,18). The summed E-state index contributed by atoms with van der Waals surface area (Å²) in [4.78, 5) is 0. The number of hydrogen-bond acceptors (Lipinski definition) is 3. The van der Waals surface area contributed by atoms with Gasteiger partial charge in [-0.15, -0.1) is 0 Å². The van der Waals surface area contributed by atoms with Crippen molar-refractivity contribution in [1.29, 1.82) is 0 Å². The zero-order valence-electron chi connectivity index (χ0n) is 12.6. The van der Waals surface area contributed by atoms with Gasteiger partial charge in [0.25, 0.3) is 0 Å². The van der Waals surface area contributed by atoms with Crippen LogP contribution in [0.5, 0.6) is 5.75 Å². The van der Waals surface area contributed by atoms with E-state index in [9.17, 15) is 8.42 Å². The van der Waals surface area contributed by atoms with E-state index in [1.165, 1.54) is 16.7 Å². The number of nitrogens with two attached hydrogens (primary N) is 1. The van der Waals surface area contributed by atoms with Gasteiger partial charge in [-0.1, -0.05) is 18.9 Å². The van der Waals surface area contributed by atoms with E-state index < -0.39 is 10.0 Å². The summed E-state index contributed by atoms with van der Waals surface area (Å²) in [6, 6.07) is 4.21. The number of sulfonamides is 1. The zero-order chi connectivity index (χ0) is 15.2. The van der Waals surface area contributed by atoms with Crippen molar-refractivity contribution in [2.75, 3.05) is 12.4 Å². The molecule has 5 heteroatoms. The molecule has 1 aromatic rings. The minimum absolute atomic E-state index is 0.0735. The molecule has 0 amide bonds. The molecular formula is C15H25NO3S. The largest absolute Gasteiger partial charge is 0.493 e. The number of benzene rings is 1. The molecule has 0 aliphatic heterocycles. The first kappa shape index (κ1) is 17.0. The molecule has 0 aliphatic rings. The molecule has 0 aliphatic carbocycles. The fraction of sp³-hybridized carbons (Fsp3) is 0.600. The van der Waals surface area contributed by atoms with Crippen molar-refractivity contribution >= 4 is 10.0 Å². The van der Waals surface area contributed by atoms with Crippen LogP contribution in [0.4, 0.5) is 0 Å². The van der Waals surface area contributed by atoms with Crippen molar-refractivity contribution in [3.8, 4) is 5.75 Å². The molecule has 0 heterocycles. The number of aryl methyl sites for hydroxylation is 2. The van der Waals surface area contributed by atoms with E-state index in [1.807, 2.05) is 0 Å². The number of ether oxygens (including phenoxy) is 1. The summed E-state index contributed by atoms with van der Waals surface area (Å²) in [7, 11) is -3.31. The van der Waals surface area contributed by atoms with E-state index in [2.05, 4.69) is 32.9 Å². The van der Waals surface area contributed by atoms with Gasteiger partial charge in [-0.25, -0.2) is 13.6 Å². The summed E-state index contributed by atoms with van der Waals surface area (Å²) < 4.78 is 27.3. The summed E-state index contributed by atoms with van der Waals surface area (Å²) in [6.45, 7) is 6.88. The lowest BCUT2D eigenvalue weighted by Gasteiger charge is -2.12. The molecule has 0 radical (unpaired) electrons. The summed E-state index contributed by atoms with van der Waals surface area (Å²) in [5.41, 5.74) is 3.63. The SMILES string of the molecule is Cc1cc(C)c(C)c(OCCCCCCS(N)(=O)=O)c1. The Morgan fingerprint density at radius 2 is 1.70 bits per heavy atom. The van der Waals surface area contributed by atoms with E-state index in [-0.39, 0.29) is 5.75 Å². The Kier molecular flexibility index (Phi) is 6.49. The Labute approximate surface area is 122 Å². The monoisotopic (exact) mass is 299 g/mol. The van der Waals surface area contributed by atoms with Gasteiger partial charge in [0.15, 0.2) is 0 Å². The van der Waals surface area contributed by atoms with Gasteiger partial charge in [0.1, 0.15) is 5.75 Å². The maximum atomic E-state index is 10.8. The highest BCUT2D eigenvalue weighted by Gasteiger charge is 2.04. The molecule has 0 bridgehead atoms. The Hall–Kier alpha value is -1.07. The quantitative estimate of drug-likeness (QED) is 0.750. The second-order valence-corrected chi connectivity index (χ2v) is 7.07. The van der Waals surface area contributed by atoms with Crippen LogP contribution in [-0.4, -0.2) is 20.8 Å². The fourth-order valence-electron chi connectivity index (χ4n) is 2.09. The van der Waals surface area contributed by atoms with Crippen LogP contribution in [0.25, 0.3) is 0 Å². The molecule has 0 atom stereocenters. The average Bonchev–Trinajstić information content (AvgIpc) is 2.32. The Balaban J connectivity index is 2.25. The van der Waals surface area contributed by atoms with Gasteiger partial charge in [-0.05, 0) is 56.4 Å².